The van der Waals surface area contributed by atoms with Gasteiger partial charge in [-0.1, -0.05) is 11.1 Å². The van der Waals surface area contributed by atoms with Gasteiger partial charge in [0.1, 0.15) is 0 Å². The number of hydrogen-bond acceptors (Lipinski definition) is 2. The van der Waals surface area contributed by atoms with Crippen molar-refractivity contribution in [2.75, 3.05) is 6.26 Å². The third-order valence-corrected chi connectivity index (χ3v) is 1.52. The van der Waals surface area contributed by atoms with E-state index in [9.17, 15) is 13.2 Å². The zero-order valence-corrected chi connectivity index (χ0v) is 16.5. The summed E-state index contributed by atoms with van der Waals surface area (Å²) in [5, 5.41) is 0. The quantitative estimate of drug-likeness (QED) is 0.446. The summed E-state index contributed by atoms with van der Waals surface area (Å²) in [6.07, 6.45) is -4.06. The molecule has 0 amide bonds. The van der Waals surface area contributed by atoms with E-state index in [4.69, 9.17) is 8.76 Å². The van der Waals surface area contributed by atoms with Gasteiger partial charge in [0.05, 0.1) is 0 Å². The first kappa shape index (κ1) is 17.4. The number of rotatable bonds is 2. The van der Waals surface area contributed by atoms with E-state index in [0.29, 0.717) is 5.56 Å². The van der Waals surface area contributed by atoms with Crippen molar-refractivity contribution in [1.82, 2.24) is 0 Å². The molecule has 0 N–H and O–H groups in total. The standard InChI is InChI=1S/C9H8F3.CH4O2S.Rf/c1-6-2-4-7(5-3-6)8(10)9(11)12;1-4(2)3;/h2-5,8-9H,1H2;1H3,(H,2,3);/q-1;;/p-1. The van der Waals surface area contributed by atoms with Gasteiger partial charge in [-0.25, -0.2) is 13.2 Å². The van der Waals surface area contributed by atoms with Crippen molar-refractivity contribution in [2.24, 2.45) is 0 Å². The molecule has 0 heterocycles. The molecule has 0 radical (unpaired) electrons. The number of hydrogen-bond donors (Lipinski definition) is 0. The summed E-state index contributed by atoms with van der Waals surface area (Å²) < 4.78 is 54.3. The van der Waals surface area contributed by atoms with Gasteiger partial charge < -0.3 is 4.55 Å². The molecule has 0 aliphatic rings. The van der Waals surface area contributed by atoms with Crippen LogP contribution in [0.4, 0.5) is 13.2 Å². The van der Waals surface area contributed by atoms with Gasteiger partial charge in [-0.2, -0.15) is 24.6 Å². The smallest absolute Gasteiger partial charge is 0.273 e. The average molecular weight is 519 g/mol. The van der Waals surface area contributed by atoms with E-state index >= 15 is 0 Å². The molecule has 0 aliphatic carbocycles. The van der Waals surface area contributed by atoms with Crippen LogP contribution < -0.4 is 0 Å². The summed E-state index contributed by atoms with van der Waals surface area (Å²) in [4.78, 5) is 0. The number of halogens is 3. The van der Waals surface area contributed by atoms with Gasteiger partial charge in [-0.3, -0.25) is 4.21 Å². The van der Waals surface area contributed by atoms with Crippen LogP contribution in [0.3, 0.4) is 0 Å². The maximum Gasteiger partial charge on any atom is 0.273 e. The molecule has 1 aromatic carbocycles. The summed E-state index contributed by atoms with van der Waals surface area (Å²) in [5.74, 6) is 0. The number of alkyl halides is 3. The molecule has 1 aromatic rings. The van der Waals surface area contributed by atoms with Gasteiger partial charge in [0.2, 0.25) is 0 Å². The van der Waals surface area contributed by atoms with Crippen LogP contribution in [0.2, 0.25) is 0 Å². The molecular weight excluding hydrogens is 508 g/mol. The third kappa shape index (κ3) is 7.87. The Morgan fingerprint density at radius 3 is 1.88 bits per heavy atom. The van der Waals surface area contributed by atoms with Crippen molar-refractivity contribution in [3.63, 3.8) is 0 Å². The summed E-state index contributed by atoms with van der Waals surface area (Å²) in [6.45, 7) is 3.56. The van der Waals surface area contributed by atoms with E-state index in [-0.39, 0.29) is 5.56 Å². The first-order valence-corrected chi connectivity index (χ1v) is 5.68. The van der Waals surface area contributed by atoms with Crippen LogP contribution in [0.15, 0.2) is 24.3 Å². The Kier molecular flexibility index (Phi) is 8.36. The summed E-state index contributed by atoms with van der Waals surface area (Å²) in [5.41, 5.74) is 0.678. The van der Waals surface area contributed by atoms with Crippen LogP contribution in [0.5, 0.6) is 0 Å². The van der Waals surface area contributed by atoms with E-state index in [1.807, 2.05) is 0 Å². The van der Waals surface area contributed by atoms with Gasteiger partial charge in [-0.05, 0) is 11.8 Å². The normalized spacial score (nSPS) is 13.1. The molecule has 2 atom stereocenters. The molecule has 17 heavy (non-hydrogen) atoms. The largest absolute Gasteiger partial charge is 0.773 e. The zero-order chi connectivity index (χ0) is 12.7. The monoisotopic (exact) mass is 519 g/mol. The molecule has 0 aromatic heterocycles. The van der Waals surface area contributed by atoms with E-state index in [1.165, 1.54) is 24.3 Å². The van der Waals surface area contributed by atoms with Gasteiger partial charge >= 0.3 is 0 Å². The van der Waals surface area contributed by atoms with Crippen molar-refractivity contribution in [2.45, 2.75) is 12.6 Å². The van der Waals surface area contributed by atoms with E-state index in [2.05, 4.69) is 6.92 Å². The summed E-state index contributed by atoms with van der Waals surface area (Å²) in [7, 11) is 0. The first-order valence-electron chi connectivity index (χ1n) is 4.19. The molecule has 1 rings (SSSR count). The molecule has 0 saturated carbocycles. The minimum atomic E-state index is -2.96. The fraction of sp³-hybridized carbons (Fsp3) is 0.300. The van der Waals surface area contributed by atoms with Crippen molar-refractivity contribution in [1.29, 1.82) is 0 Å². The third-order valence-electron chi connectivity index (χ3n) is 1.52. The van der Waals surface area contributed by atoms with Crippen molar-refractivity contribution in [3.05, 3.63) is 42.3 Å². The Morgan fingerprint density at radius 1 is 1.24 bits per heavy atom. The first-order chi connectivity index (χ1) is 7.34. The zero-order valence-electron chi connectivity index (χ0n) is 9.24. The predicted molar refractivity (Wildman–Crippen MR) is 55.6 cm³/mol. The Labute approximate surface area is 94.8 Å². The molecule has 2 nitrogen and oxygen atoms in total. The number of benzene rings is 1. The van der Waals surface area contributed by atoms with Crippen LogP contribution in [0.25, 0.3) is 0 Å². The molecule has 0 spiro atoms. The van der Waals surface area contributed by atoms with Gasteiger partial charge in [0, 0.05) is 0 Å². The SMILES string of the molecule is CS(=O)[O-].[CH2-]c1ccc(C(F)C(F)F)cc1.[Rf]. The van der Waals surface area contributed by atoms with Crippen molar-refractivity contribution >= 4 is 11.1 Å². The molecule has 0 bridgehead atoms. The molecule has 7 heteroatoms. The molecule has 2 unspecified atom stereocenters. The van der Waals surface area contributed by atoms with Crippen LogP contribution in [-0.4, -0.2) is 21.4 Å². The topological polar surface area (TPSA) is 40.1 Å². The van der Waals surface area contributed by atoms with E-state index < -0.39 is 23.7 Å². The van der Waals surface area contributed by atoms with Gasteiger partial charge in [0.25, 0.3) is 6.43 Å². The maximum absolute atomic E-state index is 12.6. The minimum absolute atomic E-state index is 0. The molecular formula is C10H11F3O2RfS-2. The van der Waals surface area contributed by atoms with Gasteiger partial charge in [0.15, 0.2) is 6.17 Å². The Hall–Kier alpha value is -2.01. The van der Waals surface area contributed by atoms with Crippen LogP contribution >= 0.6 is 0 Å². The molecule has 0 saturated heterocycles. The molecule has 0 aliphatic heterocycles. The van der Waals surface area contributed by atoms with Crippen LogP contribution in [-0.2, 0) is 11.1 Å². The second-order valence-corrected chi connectivity index (χ2v) is 3.68. The van der Waals surface area contributed by atoms with E-state index in [1.54, 1.807) is 0 Å². The van der Waals surface area contributed by atoms with Gasteiger partial charge in [-0.15, -0.1) is 12.1 Å². The Morgan fingerprint density at radius 2 is 1.59 bits per heavy atom. The Balaban J connectivity index is 0. The summed E-state index contributed by atoms with van der Waals surface area (Å²) in [6, 6.07) is 5.65. The minimum Gasteiger partial charge on any atom is -0.773 e. The van der Waals surface area contributed by atoms with Crippen molar-refractivity contribution in [3.8, 4) is 0 Å². The predicted octanol–water partition coefficient (Wildman–Crippen LogP) is 2.64. The second kappa shape index (κ2) is 8.18. The average Bonchev–Trinajstić information content (AvgIpc) is 2.17. The fourth-order valence-corrected chi connectivity index (χ4v) is 0.847. The van der Waals surface area contributed by atoms with Crippen LogP contribution in [0, 0.1) is 6.92 Å². The molecule has 94 valence electrons. The van der Waals surface area contributed by atoms with Crippen LogP contribution in [0.1, 0.15) is 17.3 Å². The Bertz CT molecular complexity index is 329. The maximum atomic E-state index is 12.6. The summed E-state index contributed by atoms with van der Waals surface area (Å²) >= 11 is -1.86. The van der Waals surface area contributed by atoms with Crippen molar-refractivity contribution < 1.29 is 21.9 Å². The fourth-order valence-electron chi connectivity index (χ4n) is 0.847. The van der Waals surface area contributed by atoms with E-state index in [0.717, 1.165) is 6.26 Å². The second-order valence-electron chi connectivity index (χ2n) is 2.88. The molecule has 0 fully saturated rings.